The van der Waals surface area contributed by atoms with E-state index in [2.05, 4.69) is 18.4 Å². The van der Waals surface area contributed by atoms with E-state index in [9.17, 15) is 14.7 Å². The molecule has 0 fully saturated rings. The third-order valence-corrected chi connectivity index (χ3v) is 7.74. The minimum absolute atomic E-state index is 0.00725. The molecular weight excluding hydrogens is 446 g/mol. The molecule has 0 aliphatic rings. The molecular formula is C32H57NO3. The number of aliphatic carboxylic acids is 1. The molecule has 36 heavy (non-hydrogen) atoms. The Bertz CT molecular complexity index is 734. The zero-order chi connectivity index (χ0) is 26.6. The van der Waals surface area contributed by atoms with Crippen molar-refractivity contribution in [3.8, 4) is 0 Å². The summed E-state index contributed by atoms with van der Waals surface area (Å²) < 4.78 is 2.11. The van der Waals surface area contributed by atoms with Crippen LogP contribution in [0.4, 0.5) is 0 Å². The predicted molar refractivity (Wildman–Crippen MR) is 153 cm³/mol. The van der Waals surface area contributed by atoms with Crippen LogP contribution in [0.5, 0.6) is 0 Å². The van der Waals surface area contributed by atoms with Crippen molar-refractivity contribution in [2.45, 2.75) is 169 Å². The number of ketones is 1. The van der Waals surface area contributed by atoms with Gasteiger partial charge in [0.05, 0.1) is 6.42 Å². The minimum atomic E-state index is -0.827. The van der Waals surface area contributed by atoms with Gasteiger partial charge in [0, 0.05) is 29.9 Å². The van der Waals surface area contributed by atoms with Crippen LogP contribution in [-0.4, -0.2) is 21.4 Å². The molecule has 0 aliphatic carbocycles. The minimum Gasteiger partial charge on any atom is -0.481 e. The highest BCUT2D eigenvalue weighted by Gasteiger charge is 2.23. The number of carboxylic acid groups (broad SMARTS) is 1. The first kappa shape index (κ1) is 32.4. The van der Waals surface area contributed by atoms with E-state index >= 15 is 0 Å². The molecule has 1 N–H and O–H groups in total. The van der Waals surface area contributed by atoms with Crippen LogP contribution in [0.3, 0.4) is 0 Å². The van der Waals surface area contributed by atoms with Crippen LogP contribution in [-0.2, 0) is 17.8 Å². The van der Waals surface area contributed by atoms with Crippen molar-refractivity contribution in [3.63, 3.8) is 0 Å². The second-order valence-corrected chi connectivity index (χ2v) is 10.9. The van der Waals surface area contributed by atoms with Crippen LogP contribution < -0.4 is 0 Å². The molecule has 0 bridgehead atoms. The van der Waals surface area contributed by atoms with Gasteiger partial charge in [-0.1, -0.05) is 123 Å². The summed E-state index contributed by atoms with van der Waals surface area (Å²) in [6, 6.07) is 0. The number of hydrogen-bond donors (Lipinski definition) is 1. The molecule has 4 heteroatoms. The highest BCUT2D eigenvalue weighted by molar-refractivity contribution is 5.99. The highest BCUT2D eigenvalue weighted by Crippen LogP contribution is 2.26. The first-order valence-corrected chi connectivity index (χ1v) is 15.4. The molecule has 0 radical (unpaired) electrons. The summed E-state index contributed by atoms with van der Waals surface area (Å²) in [5.41, 5.74) is 3.45. The van der Waals surface area contributed by atoms with Crippen molar-refractivity contribution < 1.29 is 14.7 Å². The Morgan fingerprint density at radius 1 is 0.639 bits per heavy atom. The summed E-state index contributed by atoms with van der Waals surface area (Å²) in [6.45, 7) is 9.21. The average molecular weight is 504 g/mol. The lowest BCUT2D eigenvalue weighted by Crippen LogP contribution is -2.10. The van der Waals surface area contributed by atoms with Gasteiger partial charge in [0.25, 0.3) is 0 Å². The Balaban J connectivity index is 2.30. The topological polar surface area (TPSA) is 59.3 Å². The number of carbonyl (C=O) groups excluding carboxylic acids is 1. The molecule has 0 spiro atoms. The van der Waals surface area contributed by atoms with E-state index < -0.39 is 5.97 Å². The summed E-state index contributed by atoms with van der Waals surface area (Å²) in [4.78, 5) is 24.6. The zero-order valence-electron chi connectivity index (χ0n) is 24.3. The SMILES string of the molecule is CCCCCCCCCCCCCCCCCC(=O)c1c(C)c(CC(=O)O)n(CCCCCC)c1C. The standard InChI is InChI=1S/C32H57NO3/c1-5-7-9-11-12-13-14-15-16-17-18-19-20-21-22-24-30(34)32-27(3)29(26-31(35)36)33(28(32)4)25-23-10-8-6-2/h5-26H2,1-4H3,(H,35,36). The fourth-order valence-electron chi connectivity index (χ4n) is 5.52. The third-order valence-electron chi connectivity index (χ3n) is 7.74. The lowest BCUT2D eigenvalue weighted by atomic mass is 9.99. The molecule has 0 amide bonds. The van der Waals surface area contributed by atoms with E-state index in [0.29, 0.717) is 6.42 Å². The van der Waals surface area contributed by atoms with Gasteiger partial charge in [-0.3, -0.25) is 9.59 Å². The van der Waals surface area contributed by atoms with Crippen LogP contribution in [0, 0.1) is 13.8 Å². The van der Waals surface area contributed by atoms with Crippen LogP contribution >= 0.6 is 0 Å². The quantitative estimate of drug-likeness (QED) is 0.113. The maximum Gasteiger partial charge on any atom is 0.309 e. The molecule has 0 unspecified atom stereocenters. The van der Waals surface area contributed by atoms with Gasteiger partial charge < -0.3 is 9.67 Å². The van der Waals surface area contributed by atoms with Crippen molar-refractivity contribution >= 4 is 11.8 Å². The maximum absolute atomic E-state index is 13.1. The van der Waals surface area contributed by atoms with Gasteiger partial charge in [0.1, 0.15) is 0 Å². The Morgan fingerprint density at radius 2 is 1.06 bits per heavy atom. The van der Waals surface area contributed by atoms with Gasteiger partial charge in [-0.25, -0.2) is 0 Å². The van der Waals surface area contributed by atoms with E-state index in [-0.39, 0.29) is 12.2 Å². The van der Waals surface area contributed by atoms with E-state index in [1.165, 1.54) is 96.3 Å². The number of carbonyl (C=O) groups is 2. The zero-order valence-corrected chi connectivity index (χ0v) is 24.3. The largest absolute Gasteiger partial charge is 0.481 e. The number of carboxylic acids is 1. The molecule has 0 atom stereocenters. The van der Waals surface area contributed by atoms with Gasteiger partial charge in [-0.2, -0.15) is 0 Å². The summed E-state index contributed by atoms with van der Waals surface area (Å²) >= 11 is 0. The number of Topliss-reactive ketones (excluding diaryl/α,β-unsaturated/α-hetero) is 1. The van der Waals surface area contributed by atoms with Crippen molar-refractivity contribution in [1.82, 2.24) is 4.57 Å². The second-order valence-electron chi connectivity index (χ2n) is 10.9. The number of nitrogens with zero attached hydrogens (tertiary/aromatic N) is 1. The number of rotatable bonds is 24. The van der Waals surface area contributed by atoms with Gasteiger partial charge in [0.15, 0.2) is 5.78 Å². The molecule has 1 aromatic heterocycles. The molecule has 0 saturated heterocycles. The number of unbranched alkanes of at least 4 members (excludes halogenated alkanes) is 17. The Kier molecular flexibility index (Phi) is 18.5. The van der Waals surface area contributed by atoms with E-state index in [0.717, 1.165) is 54.7 Å². The Hall–Kier alpha value is -1.58. The molecule has 1 aromatic rings. The van der Waals surface area contributed by atoms with Crippen LogP contribution in [0.1, 0.15) is 170 Å². The summed E-state index contributed by atoms with van der Waals surface area (Å²) in [5, 5.41) is 9.42. The second kappa shape index (κ2) is 20.5. The lowest BCUT2D eigenvalue weighted by molar-refractivity contribution is -0.136. The van der Waals surface area contributed by atoms with E-state index in [4.69, 9.17) is 0 Å². The third kappa shape index (κ3) is 13.1. The predicted octanol–water partition coefficient (Wildman–Crippen LogP) is 9.76. The van der Waals surface area contributed by atoms with Crippen molar-refractivity contribution in [2.24, 2.45) is 0 Å². The van der Waals surface area contributed by atoms with E-state index in [1.807, 2.05) is 13.8 Å². The summed E-state index contributed by atoms with van der Waals surface area (Å²) in [5.74, 6) is -0.634. The summed E-state index contributed by atoms with van der Waals surface area (Å²) in [6.07, 6.45) is 24.9. The lowest BCUT2D eigenvalue weighted by Gasteiger charge is -2.11. The maximum atomic E-state index is 13.1. The van der Waals surface area contributed by atoms with Gasteiger partial charge >= 0.3 is 5.97 Å². The highest BCUT2D eigenvalue weighted by atomic mass is 16.4. The smallest absolute Gasteiger partial charge is 0.309 e. The van der Waals surface area contributed by atoms with Crippen LogP contribution in [0.15, 0.2) is 0 Å². The molecule has 0 saturated carbocycles. The average Bonchev–Trinajstić information content (AvgIpc) is 3.07. The first-order valence-electron chi connectivity index (χ1n) is 15.4. The first-order chi connectivity index (χ1) is 17.4. The van der Waals surface area contributed by atoms with Crippen LogP contribution in [0.2, 0.25) is 0 Å². The Labute approximate surface area is 222 Å². The molecule has 0 aromatic carbocycles. The van der Waals surface area contributed by atoms with Crippen molar-refractivity contribution in [3.05, 3.63) is 22.5 Å². The monoisotopic (exact) mass is 503 g/mol. The summed E-state index contributed by atoms with van der Waals surface area (Å²) in [7, 11) is 0. The van der Waals surface area contributed by atoms with Gasteiger partial charge in [-0.15, -0.1) is 0 Å². The normalized spacial score (nSPS) is 11.3. The van der Waals surface area contributed by atoms with E-state index in [1.54, 1.807) is 0 Å². The molecule has 1 rings (SSSR count). The van der Waals surface area contributed by atoms with Crippen LogP contribution in [0.25, 0.3) is 0 Å². The fraction of sp³-hybridized carbons (Fsp3) is 0.812. The van der Waals surface area contributed by atoms with Gasteiger partial charge in [-0.05, 0) is 32.3 Å². The van der Waals surface area contributed by atoms with Crippen molar-refractivity contribution in [2.75, 3.05) is 0 Å². The number of aromatic nitrogens is 1. The number of hydrogen-bond acceptors (Lipinski definition) is 2. The fourth-order valence-corrected chi connectivity index (χ4v) is 5.52. The molecule has 1 heterocycles. The Morgan fingerprint density at radius 3 is 1.50 bits per heavy atom. The molecule has 208 valence electrons. The van der Waals surface area contributed by atoms with Gasteiger partial charge in [0.2, 0.25) is 0 Å². The van der Waals surface area contributed by atoms with Crippen molar-refractivity contribution in [1.29, 1.82) is 0 Å². The molecule has 4 nitrogen and oxygen atoms in total. The molecule has 0 aliphatic heterocycles.